The Hall–Kier alpha value is -1.70. The molecular weight excluding hydrogens is 430 g/mol. The largest absolute Gasteiger partial charge is 0.463 e. The summed E-state index contributed by atoms with van der Waals surface area (Å²) in [6.07, 6.45) is -1.44. The fourth-order valence-corrected chi connectivity index (χ4v) is 3.73. The summed E-state index contributed by atoms with van der Waals surface area (Å²) < 4.78 is 66.7. The predicted molar refractivity (Wildman–Crippen MR) is 102 cm³/mol. The molecule has 1 aliphatic carbocycles. The number of nitrogens with one attached hydrogen (secondary N) is 1. The summed E-state index contributed by atoms with van der Waals surface area (Å²) in [5.74, 6) is -0.761. The van der Waals surface area contributed by atoms with E-state index in [4.69, 9.17) is 17.8 Å². The summed E-state index contributed by atoms with van der Waals surface area (Å²) in [5, 5.41) is 2.42. The minimum Gasteiger partial charge on any atom is -0.463 e. The van der Waals surface area contributed by atoms with Crippen molar-refractivity contribution in [1.82, 2.24) is 5.32 Å². The highest BCUT2D eigenvalue weighted by atomic mass is 32.2. The Morgan fingerprint density at radius 3 is 2.10 bits per heavy atom. The number of alkyl carbamates (subject to hydrolysis) is 1. The average molecular weight is 458 g/mol. The second-order valence-electron chi connectivity index (χ2n) is 7.40. The third-order valence-electron chi connectivity index (χ3n) is 3.34. The van der Waals surface area contributed by atoms with Gasteiger partial charge >= 0.3 is 12.1 Å². The second kappa shape index (κ2) is 9.41. The molecule has 0 bridgehead atoms. The zero-order valence-corrected chi connectivity index (χ0v) is 18.8. The van der Waals surface area contributed by atoms with Crippen molar-refractivity contribution in [3.05, 3.63) is 11.6 Å². The lowest BCUT2D eigenvalue weighted by Crippen LogP contribution is -2.54. The zero-order valence-electron chi connectivity index (χ0n) is 17.1. The Morgan fingerprint density at radius 1 is 1.10 bits per heavy atom. The van der Waals surface area contributed by atoms with Crippen LogP contribution in [0.5, 0.6) is 0 Å². The van der Waals surface area contributed by atoms with Gasteiger partial charge in [-0.3, -0.25) is 8.37 Å². The third-order valence-corrected chi connectivity index (χ3v) is 4.48. The van der Waals surface area contributed by atoms with E-state index >= 15 is 0 Å². The lowest BCUT2D eigenvalue weighted by molar-refractivity contribution is -0.139. The molecule has 0 aromatic rings. The molecule has 0 fully saturated rings. The molecule has 0 aliphatic heterocycles. The first-order chi connectivity index (χ1) is 13.0. The van der Waals surface area contributed by atoms with E-state index in [2.05, 4.69) is 5.32 Å². The van der Waals surface area contributed by atoms with Crippen LogP contribution in [0.3, 0.4) is 0 Å². The van der Waals surface area contributed by atoms with E-state index in [-0.39, 0.29) is 18.6 Å². The monoisotopic (exact) mass is 457 g/mol. The molecule has 0 spiro atoms. The topological polar surface area (TPSA) is 151 Å². The van der Waals surface area contributed by atoms with Crippen molar-refractivity contribution >= 4 is 32.3 Å². The highest BCUT2D eigenvalue weighted by Crippen LogP contribution is 2.27. The van der Waals surface area contributed by atoms with Gasteiger partial charge in [-0.25, -0.2) is 9.59 Å². The van der Waals surface area contributed by atoms with Crippen LogP contribution < -0.4 is 5.32 Å². The summed E-state index contributed by atoms with van der Waals surface area (Å²) in [6.45, 7) is 6.51. The predicted octanol–water partition coefficient (Wildman–Crippen LogP) is 0.463. The molecule has 168 valence electrons. The average Bonchev–Trinajstić information content (AvgIpc) is 2.45. The third kappa shape index (κ3) is 9.56. The first-order valence-electron chi connectivity index (χ1n) is 8.64. The van der Waals surface area contributed by atoms with Gasteiger partial charge in [-0.05, 0) is 33.8 Å². The van der Waals surface area contributed by atoms with E-state index in [0.717, 1.165) is 18.6 Å². The van der Waals surface area contributed by atoms with Crippen LogP contribution in [-0.4, -0.2) is 71.9 Å². The van der Waals surface area contributed by atoms with Crippen LogP contribution in [0.15, 0.2) is 11.6 Å². The van der Waals surface area contributed by atoms with Crippen molar-refractivity contribution in [1.29, 1.82) is 0 Å². The van der Waals surface area contributed by atoms with E-state index in [9.17, 15) is 26.4 Å². The number of esters is 1. The van der Waals surface area contributed by atoms with Gasteiger partial charge in [-0.15, -0.1) is 0 Å². The molecule has 0 saturated carbocycles. The van der Waals surface area contributed by atoms with Gasteiger partial charge < -0.3 is 14.8 Å². The zero-order chi connectivity index (χ0) is 22.6. The lowest BCUT2D eigenvalue weighted by atomic mass is 9.90. The van der Waals surface area contributed by atoms with Crippen LogP contribution in [-0.2, 0) is 42.9 Å². The highest BCUT2D eigenvalue weighted by Gasteiger charge is 2.42. The SMILES string of the molecule is CCOC(=O)C1=C[C@H](OS(C)(=O)=O)[C@H](OS(C)(=O)=O)[C@H](NC(=O)OC(C)(C)C)C1. The minimum atomic E-state index is -4.08. The molecule has 3 atom stereocenters. The molecule has 1 rings (SSSR count). The van der Waals surface area contributed by atoms with Crippen LogP contribution in [0.4, 0.5) is 4.79 Å². The number of ether oxygens (including phenoxy) is 2. The molecule has 1 amide bonds. The lowest BCUT2D eigenvalue weighted by Gasteiger charge is -2.35. The first-order valence-corrected chi connectivity index (χ1v) is 12.3. The van der Waals surface area contributed by atoms with E-state index in [1.165, 1.54) is 0 Å². The fourth-order valence-electron chi connectivity index (χ4n) is 2.52. The number of hydrogen-bond acceptors (Lipinski definition) is 10. The Bertz CT molecular complexity index is 855. The molecule has 1 aliphatic rings. The van der Waals surface area contributed by atoms with Gasteiger partial charge in [0.25, 0.3) is 20.2 Å². The summed E-state index contributed by atoms with van der Waals surface area (Å²) in [6, 6.07) is -1.16. The van der Waals surface area contributed by atoms with Crippen LogP contribution >= 0.6 is 0 Å². The molecular formula is C16H27NO10S2. The van der Waals surface area contributed by atoms with E-state index in [1.807, 2.05) is 0 Å². The van der Waals surface area contributed by atoms with Crippen LogP contribution in [0.25, 0.3) is 0 Å². The summed E-state index contributed by atoms with van der Waals surface area (Å²) in [4.78, 5) is 24.4. The molecule has 0 aromatic carbocycles. The summed E-state index contributed by atoms with van der Waals surface area (Å²) in [5.41, 5.74) is -0.857. The molecule has 0 saturated heterocycles. The fraction of sp³-hybridized carbons (Fsp3) is 0.750. The van der Waals surface area contributed by atoms with Crippen LogP contribution in [0, 0.1) is 0 Å². The van der Waals surface area contributed by atoms with Crippen molar-refractivity contribution in [2.75, 3.05) is 19.1 Å². The molecule has 0 radical (unpaired) electrons. The minimum absolute atomic E-state index is 0.00471. The number of carbonyl (C=O) groups is 2. The Labute approximate surface area is 171 Å². The van der Waals surface area contributed by atoms with E-state index in [0.29, 0.717) is 0 Å². The van der Waals surface area contributed by atoms with Gasteiger partial charge in [0.1, 0.15) is 17.8 Å². The first kappa shape index (κ1) is 25.3. The standard InChI is InChI=1S/C16H27NO10S2/c1-7-24-14(18)10-8-11(17-15(19)25-16(2,3)4)13(27-29(6,22)23)12(9-10)26-28(5,20)21/h9,11-13H,7-8H2,1-6H3,(H,17,19)/t11-,12+,13-/m1/s1. The molecule has 11 nitrogen and oxygen atoms in total. The Kier molecular flexibility index (Phi) is 8.22. The van der Waals surface area contributed by atoms with Gasteiger partial charge in [-0.1, -0.05) is 0 Å². The number of carbonyl (C=O) groups excluding carboxylic acids is 2. The number of hydrogen-bond donors (Lipinski definition) is 1. The maximum Gasteiger partial charge on any atom is 0.407 e. The van der Waals surface area contributed by atoms with Gasteiger partial charge in [0.2, 0.25) is 0 Å². The highest BCUT2D eigenvalue weighted by molar-refractivity contribution is 7.86. The van der Waals surface area contributed by atoms with Crippen LogP contribution in [0.1, 0.15) is 34.1 Å². The molecule has 0 unspecified atom stereocenters. The molecule has 0 aromatic heterocycles. The van der Waals surface area contributed by atoms with E-state index < -0.39 is 56.1 Å². The number of amides is 1. The van der Waals surface area contributed by atoms with Crippen molar-refractivity contribution in [3.63, 3.8) is 0 Å². The maximum absolute atomic E-state index is 12.2. The van der Waals surface area contributed by atoms with E-state index in [1.54, 1.807) is 27.7 Å². The summed E-state index contributed by atoms with van der Waals surface area (Å²) >= 11 is 0. The van der Waals surface area contributed by atoms with Gasteiger partial charge in [0.05, 0.1) is 25.2 Å². The summed E-state index contributed by atoms with van der Waals surface area (Å²) in [7, 11) is -8.15. The van der Waals surface area contributed by atoms with Crippen molar-refractivity contribution in [3.8, 4) is 0 Å². The number of rotatable bonds is 7. The van der Waals surface area contributed by atoms with Crippen molar-refractivity contribution < 1.29 is 44.3 Å². The molecule has 29 heavy (non-hydrogen) atoms. The molecule has 1 N–H and O–H groups in total. The normalized spacial score (nSPS) is 23.1. The van der Waals surface area contributed by atoms with Crippen molar-refractivity contribution in [2.45, 2.75) is 58.0 Å². The maximum atomic E-state index is 12.2. The van der Waals surface area contributed by atoms with Gasteiger partial charge in [0.15, 0.2) is 0 Å². The Balaban J connectivity index is 3.33. The second-order valence-corrected chi connectivity index (χ2v) is 10.6. The van der Waals surface area contributed by atoms with Crippen LogP contribution in [0.2, 0.25) is 0 Å². The Morgan fingerprint density at radius 2 is 1.66 bits per heavy atom. The smallest absolute Gasteiger partial charge is 0.407 e. The van der Waals surface area contributed by atoms with Gasteiger partial charge in [0, 0.05) is 12.0 Å². The quantitative estimate of drug-likeness (QED) is 0.421. The van der Waals surface area contributed by atoms with Crippen molar-refractivity contribution in [2.24, 2.45) is 0 Å². The van der Waals surface area contributed by atoms with Gasteiger partial charge in [-0.2, -0.15) is 16.8 Å². The molecule has 0 heterocycles. The molecule has 13 heteroatoms.